The van der Waals surface area contributed by atoms with Gasteiger partial charge in [-0.05, 0) is 40.0 Å². The van der Waals surface area contributed by atoms with Crippen molar-refractivity contribution in [1.82, 2.24) is 15.2 Å². The Hall–Kier alpha value is -2.71. The molecule has 2 N–H and O–H groups in total. The van der Waals surface area contributed by atoms with E-state index < -0.39 is 23.4 Å². The Labute approximate surface area is 169 Å². The highest BCUT2D eigenvalue weighted by atomic mass is 19.1. The lowest BCUT2D eigenvalue weighted by atomic mass is 9.93. The fourth-order valence-electron chi connectivity index (χ4n) is 3.52. The van der Waals surface area contributed by atoms with Crippen LogP contribution >= 0.6 is 0 Å². The zero-order valence-corrected chi connectivity index (χ0v) is 17.0. The fourth-order valence-corrected chi connectivity index (χ4v) is 3.52. The number of carbonyl (C=O) groups excluding carboxylic acids is 3. The smallest absolute Gasteiger partial charge is 0.410 e. The number of hydrogen-bond acceptors (Lipinski definition) is 6. The van der Waals surface area contributed by atoms with Crippen molar-refractivity contribution in [2.75, 3.05) is 18.4 Å². The van der Waals surface area contributed by atoms with Crippen LogP contribution in [-0.2, 0) is 14.3 Å². The lowest BCUT2D eigenvalue weighted by molar-refractivity contribution is -0.133. The molecule has 2 aliphatic rings. The van der Waals surface area contributed by atoms with Crippen molar-refractivity contribution >= 4 is 23.6 Å². The maximum Gasteiger partial charge on any atom is 0.410 e. The van der Waals surface area contributed by atoms with Crippen LogP contribution in [0, 0.1) is 5.82 Å². The lowest BCUT2D eigenvalue weighted by Gasteiger charge is -2.33. The van der Waals surface area contributed by atoms with Gasteiger partial charge in [0.2, 0.25) is 11.8 Å². The monoisotopic (exact) mass is 406 g/mol. The van der Waals surface area contributed by atoms with Crippen molar-refractivity contribution in [3.63, 3.8) is 0 Å². The standard InChI is InChI=1S/C20H27FN4O4/c1-20(2,3)29-19(28)25-8-6-12(7-9-25)17-14(21)10-13(11-22-17)23-15-4-5-16(26)24-18(15)27/h10-12,15,23H,4-9H2,1-3H3,(H,24,26,27). The molecule has 0 saturated carbocycles. The number of carbonyl (C=O) groups is 3. The van der Waals surface area contributed by atoms with E-state index in [0.29, 0.717) is 43.7 Å². The number of ether oxygens (including phenoxy) is 1. The summed E-state index contributed by atoms with van der Waals surface area (Å²) in [5.41, 5.74) is 0.210. The first kappa shape index (κ1) is 21.0. The highest BCUT2D eigenvalue weighted by Crippen LogP contribution is 2.30. The zero-order chi connectivity index (χ0) is 21.2. The van der Waals surface area contributed by atoms with E-state index in [4.69, 9.17) is 4.74 Å². The number of amides is 3. The van der Waals surface area contributed by atoms with Gasteiger partial charge in [-0.2, -0.15) is 0 Å². The van der Waals surface area contributed by atoms with Crippen molar-refractivity contribution in [3.05, 3.63) is 23.8 Å². The molecule has 3 heterocycles. The van der Waals surface area contributed by atoms with Crippen LogP contribution in [-0.4, -0.2) is 52.5 Å². The molecular formula is C20H27FN4O4. The number of rotatable bonds is 3. The van der Waals surface area contributed by atoms with Crippen molar-refractivity contribution in [3.8, 4) is 0 Å². The van der Waals surface area contributed by atoms with Gasteiger partial charge < -0.3 is 15.0 Å². The van der Waals surface area contributed by atoms with E-state index in [1.54, 1.807) is 4.90 Å². The van der Waals surface area contributed by atoms with Crippen molar-refractivity contribution in [1.29, 1.82) is 0 Å². The minimum absolute atomic E-state index is 0.0849. The second-order valence-electron chi connectivity index (χ2n) is 8.48. The summed E-state index contributed by atoms with van der Waals surface area (Å²) in [6, 6.07) is 0.739. The third-order valence-electron chi connectivity index (χ3n) is 4.98. The van der Waals surface area contributed by atoms with Crippen LogP contribution in [0.3, 0.4) is 0 Å². The molecule has 0 aliphatic carbocycles. The van der Waals surface area contributed by atoms with Crippen molar-refractivity contribution < 1.29 is 23.5 Å². The number of likely N-dealkylation sites (tertiary alicyclic amines) is 1. The predicted molar refractivity (Wildman–Crippen MR) is 104 cm³/mol. The van der Waals surface area contributed by atoms with Gasteiger partial charge in [0.25, 0.3) is 0 Å². The maximum absolute atomic E-state index is 14.7. The molecule has 29 heavy (non-hydrogen) atoms. The number of piperidine rings is 2. The summed E-state index contributed by atoms with van der Waals surface area (Å²) >= 11 is 0. The third kappa shape index (κ3) is 5.42. The van der Waals surface area contributed by atoms with Gasteiger partial charge in [0.15, 0.2) is 0 Å². The third-order valence-corrected chi connectivity index (χ3v) is 4.98. The molecule has 0 spiro atoms. The molecule has 0 bridgehead atoms. The van der Waals surface area contributed by atoms with E-state index in [2.05, 4.69) is 15.6 Å². The highest BCUT2D eigenvalue weighted by molar-refractivity contribution is 6.01. The van der Waals surface area contributed by atoms with E-state index in [0.717, 1.165) is 0 Å². The van der Waals surface area contributed by atoms with Crippen molar-refractivity contribution in [2.24, 2.45) is 0 Å². The number of halogens is 1. The average Bonchev–Trinajstić information content (AvgIpc) is 2.63. The molecule has 158 valence electrons. The molecule has 3 rings (SSSR count). The summed E-state index contributed by atoms with van der Waals surface area (Å²) < 4.78 is 20.0. The largest absolute Gasteiger partial charge is 0.444 e. The number of pyridine rings is 1. The molecular weight excluding hydrogens is 379 g/mol. The molecule has 8 nitrogen and oxygen atoms in total. The van der Waals surface area contributed by atoms with Gasteiger partial charge in [0, 0.05) is 31.5 Å². The number of aromatic nitrogens is 1. The normalized spacial score (nSPS) is 21.0. The molecule has 3 amide bonds. The summed E-state index contributed by atoms with van der Waals surface area (Å²) in [6.45, 7) is 6.43. The Balaban J connectivity index is 1.58. The number of nitrogens with zero attached hydrogens (tertiary/aromatic N) is 2. The summed E-state index contributed by atoms with van der Waals surface area (Å²) in [6.07, 6.45) is 2.95. The summed E-state index contributed by atoms with van der Waals surface area (Å²) in [5, 5.41) is 5.19. The minimum atomic E-state index is -0.586. The maximum atomic E-state index is 14.7. The van der Waals surface area contributed by atoms with E-state index in [1.807, 2.05) is 20.8 Å². The van der Waals surface area contributed by atoms with Crippen LogP contribution in [0.4, 0.5) is 14.9 Å². The molecule has 1 aromatic rings. The Morgan fingerprint density at radius 2 is 1.97 bits per heavy atom. The van der Waals surface area contributed by atoms with E-state index in [-0.39, 0.29) is 24.3 Å². The lowest BCUT2D eigenvalue weighted by Crippen LogP contribution is -2.47. The first-order valence-corrected chi connectivity index (χ1v) is 9.86. The number of imide groups is 1. The van der Waals surface area contributed by atoms with E-state index >= 15 is 0 Å². The molecule has 2 saturated heterocycles. The van der Waals surface area contributed by atoms with Gasteiger partial charge in [-0.3, -0.25) is 19.9 Å². The van der Waals surface area contributed by atoms with Crippen LogP contribution in [0.1, 0.15) is 58.1 Å². The van der Waals surface area contributed by atoms with Crippen LogP contribution in [0.25, 0.3) is 0 Å². The molecule has 1 atom stereocenters. The molecule has 1 unspecified atom stereocenters. The van der Waals surface area contributed by atoms with Gasteiger partial charge >= 0.3 is 6.09 Å². The van der Waals surface area contributed by atoms with Crippen LogP contribution in [0.15, 0.2) is 12.3 Å². The summed E-state index contributed by atoms with van der Waals surface area (Å²) in [4.78, 5) is 41.1. The topological polar surface area (TPSA) is 101 Å². The summed E-state index contributed by atoms with van der Waals surface area (Å²) in [7, 11) is 0. The Morgan fingerprint density at radius 1 is 1.28 bits per heavy atom. The Kier molecular flexibility index (Phi) is 6.04. The Bertz CT molecular complexity index is 800. The van der Waals surface area contributed by atoms with E-state index in [1.165, 1.54) is 12.3 Å². The predicted octanol–water partition coefficient (Wildman–Crippen LogP) is 2.55. The van der Waals surface area contributed by atoms with Gasteiger partial charge in [0.05, 0.1) is 17.6 Å². The first-order valence-electron chi connectivity index (χ1n) is 9.86. The molecule has 0 radical (unpaired) electrons. The SMILES string of the molecule is CC(C)(C)OC(=O)N1CCC(c2ncc(NC3CCC(=O)NC3=O)cc2F)CC1. The second kappa shape index (κ2) is 8.34. The average molecular weight is 406 g/mol. The van der Waals surface area contributed by atoms with Gasteiger partial charge in [-0.1, -0.05) is 0 Å². The molecule has 2 aliphatic heterocycles. The molecule has 9 heteroatoms. The Morgan fingerprint density at radius 3 is 2.55 bits per heavy atom. The number of anilines is 1. The molecule has 0 aromatic carbocycles. The first-order chi connectivity index (χ1) is 13.6. The fraction of sp³-hybridized carbons (Fsp3) is 0.600. The second-order valence-corrected chi connectivity index (χ2v) is 8.48. The van der Waals surface area contributed by atoms with Crippen LogP contribution in [0.2, 0.25) is 0 Å². The summed E-state index contributed by atoms with van der Waals surface area (Å²) in [5.74, 6) is -1.25. The number of nitrogens with one attached hydrogen (secondary N) is 2. The van der Waals surface area contributed by atoms with E-state index in [9.17, 15) is 18.8 Å². The van der Waals surface area contributed by atoms with Gasteiger partial charge in [0.1, 0.15) is 17.5 Å². The molecule has 1 aromatic heterocycles. The van der Waals surface area contributed by atoms with Gasteiger partial charge in [-0.25, -0.2) is 9.18 Å². The minimum Gasteiger partial charge on any atom is -0.444 e. The number of hydrogen-bond donors (Lipinski definition) is 2. The quantitative estimate of drug-likeness (QED) is 0.749. The zero-order valence-electron chi connectivity index (χ0n) is 17.0. The molecule has 2 fully saturated rings. The highest BCUT2D eigenvalue weighted by Gasteiger charge is 2.30. The van der Waals surface area contributed by atoms with Crippen LogP contribution < -0.4 is 10.6 Å². The van der Waals surface area contributed by atoms with Crippen LogP contribution in [0.5, 0.6) is 0 Å². The van der Waals surface area contributed by atoms with Crippen molar-refractivity contribution in [2.45, 2.75) is 64.0 Å². The van der Waals surface area contributed by atoms with Gasteiger partial charge in [-0.15, -0.1) is 0 Å².